The van der Waals surface area contributed by atoms with E-state index in [1.165, 1.54) is 56.4 Å². The van der Waals surface area contributed by atoms with Gasteiger partial charge in [0.05, 0.1) is 4.92 Å². The van der Waals surface area contributed by atoms with Crippen molar-refractivity contribution in [2.24, 2.45) is 10.9 Å². The minimum atomic E-state index is -4.74. The predicted molar refractivity (Wildman–Crippen MR) is 103 cm³/mol. The maximum atomic E-state index is 14.1. The summed E-state index contributed by atoms with van der Waals surface area (Å²) in [6, 6.07) is 9.61. The Morgan fingerprint density at radius 3 is 2.47 bits per heavy atom. The standard InChI is InChI=1S/C20H19F3N4O3/c1-3-19(20(21,22)23,25-13-15-6-8-16(9-7-15)27(29)30)14(2)11-18(28)26-10-4-5-17(26)12-24/h4-10,13-14H,3,11H2,1-2H3/t14-,19-/m1/s1. The van der Waals surface area contributed by atoms with Crippen LogP contribution in [0.1, 0.15) is 42.7 Å². The van der Waals surface area contributed by atoms with Crippen molar-refractivity contribution >= 4 is 17.8 Å². The van der Waals surface area contributed by atoms with Crippen LogP contribution in [0, 0.1) is 27.4 Å². The molecule has 0 spiro atoms. The van der Waals surface area contributed by atoms with Gasteiger partial charge in [-0.05, 0) is 42.2 Å². The quantitative estimate of drug-likeness (QED) is 0.366. The van der Waals surface area contributed by atoms with Gasteiger partial charge in [0.1, 0.15) is 11.8 Å². The van der Waals surface area contributed by atoms with Crippen molar-refractivity contribution < 1.29 is 22.9 Å². The Hall–Kier alpha value is -3.48. The van der Waals surface area contributed by atoms with Crippen LogP contribution in [0.2, 0.25) is 0 Å². The van der Waals surface area contributed by atoms with Crippen LogP contribution in [-0.4, -0.2) is 33.3 Å². The van der Waals surface area contributed by atoms with Crippen molar-refractivity contribution in [3.8, 4) is 6.07 Å². The minimum absolute atomic E-state index is 0.0377. The van der Waals surface area contributed by atoms with Gasteiger partial charge in [-0.1, -0.05) is 13.8 Å². The summed E-state index contributed by atoms with van der Waals surface area (Å²) in [6.07, 6.45) is -3.29. The van der Waals surface area contributed by atoms with Gasteiger partial charge in [-0.2, -0.15) is 18.4 Å². The lowest BCUT2D eigenvalue weighted by atomic mass is 9.80. The summed E-state index contributed by atoms with van der Waals surface area (Å²) in [5.41, 5.74) is -2.43. The lowest BCUT2D eigenvalue weighted by molar-refractivity contribution is -0.384. The lowest BCUT2D eigenvalue weighted by Gasteiger charge is -2.36. The molecule has 0 N–H and O–H groups in total. The molecule has 0 aliphatic rings. The van der Waals surface area contributed by atoms with Crippen LogP contribution < -0.4 is 0 Å². The molecule has 30 heavy (non-hydrogen) atoms. The average Bonchev–Trinajstić information content (AvgIpc) is 3.17. The van der Waals surface area contributed by atoms with Crippen LogP contribution in [0.3, 0.4) is 0 Å². The molecule has 0 aliphatic carbocycles. The van der Waals surface area contributed by atoms with Gasteiger partial charge in [-0.15, -0.1) is 0 Å². The Bertz CT molecular complexity index is 990. The van der Waals surface area contributed by atoms with Crippen LogP contribution >= 0.6 is 0 Å². The van der Waals surface area contributed by atoms with Gasteiger partial charge >= 0.3 is 6.18 Å². The second kappa shape index (κ2) is 8.90. The summed E-state index contributed by atoms with van der Waals surface area (Å²) in [5, 5.41) is 19.7. The molecule has 2 atom stereocenters. The highest BCUT2D eigenvalue weighted by molar-refractivity contribution is 5.82. The normalized spacial score (nSPS) is 14.8. The molecule has 0 aliphatic heterocycles. The summed E-state index contributed by atoms with van der Waals surface area (Å²) < 4.78 is 43.2. The fourth-order valence-electron chi connectivity index (χ4n) is 3.21. The number of carbonyl (C=O) groups is 1. The highest BCUT2D eigenvalue weighted by atomic mass is 19.4. The molecule has 1 aromatic carbocycles. The Balaban J connectivity index is 2.35. The van der Waals surface area contributed by atoms with Gasteiger partial charge < -0.3 is 0 Å². The molecule has 0 fully saturated rings. The highest BCUT2D eigenvalue weighted by Gasteiger charge is 2.57. The molecule has 1 aromatic heterocycles. The monoisotopic (exact) mass is 420 g/mol. The fourth-order valence-corrected chi connectivity index (χ4v) is 3.21. The minimum Gasteiger partial charge on any atom is -0.278 e. The largest absolute Gasteiger partial charge is 0.413 e. The van der Waals surface area contributed by atoms with E-state index >= 15 is 0 Å². The Morgan fingerprint density at radius 2 is 1.97 bits per heavy atom. The van der Waals surface area contributed by atoms with E-state index in [4.69, 9.17) is 5.26 Å². The molecule has 1 heterocycles. The van der Waals surface area contributed by atoms with E-state index in [1.807, 2.05) is 6.07 Å². The average molecular weight is 420 g/mol. The molecule has 7 nitrogen and oxygen atoms in total. The lowest BCUT2D eigenvalue weighted by Crippen LogP contribution is -2.49. The molecule has 10 heteroatoms. The van der Waals surface area contributed by atoms with Gasteiger partial charge in [0.2, 0.25) is 5.91 Å². The molecule has 0 saturated heterocycles. The first-order valence-corrected chi connectivity index (χ1v) is 9.02. The summed E-state index contributed by atoms with van der Waals surface area (Å²) >= 11 is 0. The van der Waals surface area contributed by atoms with E-state index in [2.05, 4.69) is 4.99 Å². The molecule has 158 valence electrons. The number of benzene rings is 1. The second-order valence-electron chi connectivity index (χ2n) is 6.76. The molecule has 2 rings (SSSR count). The van der Waals surface area contributed by atoms with Gasteiger partial charge in [0.15, 0.2) is 5.54 Å². The number of aromatic nitrogens is 1. The van der Waals surface area contributed by atoms with Crippen LogP contribution in [0.25, 0.3) is 0 Å². The number of nitro benzene ring substituents is 1. The summed E-state index contributed by atoms with van der Waals surface area (Å²) in [7, 11) is 0. The number of rotatable bonds is 7. The number of non-ortho nitro benzene ring substituents is 1. The smallest absolute Gasteiger partial charge is 0.278 e. The molecule has 0 bridgehead atoms. The van der Waals surface area contributed by atoms with E-state index in [-0.39, 0.29) is 16.9 Å². The third kappa shape index (κ3) is 4.56. The summed E-state index contributed by atoms with van der Waals surface area (Å²) in [6.45, 7) is 2.62. The van der Waals surface area contributed by atoms with Crippen molar-refractivity contribution in [1.29, 1.82) is 5.26 Å². The molecule has 0 amide bonds. The number of hydrogen-bond acceptors (Lipinski definition) is 5. The van der Waals surface area contributed by atoms with Gasteiger partial charge in [0, 0.05) is 31.0 Å². The molecular weight excluding hydrogens is 401 g/mol. The van der Waals surface area contributed by atoms with Crippen LogP contribution in [-0.2, 0) is 0 Å². The fraction of sp³-hybridized carbons (Fsp3) is 0.350. The molecule has 0 radical (unpaired) electrons. The SMILES string of the molecule is CC[C@@](N=Cc1ccc([N+](=O)[O-])cc1)([C@H](C)CC(=O)n1cccc1C#N)C(F)(F)F. The number of aliphatic imine (C=N–C) groups is 1. The molecule has 2 aromatic rings. The summed E-state index contributed by atoms with van der Waals surface area (Å²) in [4.78, 5) is 26.4. The molecule has 0 unspecified atom stereocenters. The first-order valence-electron chi connectivity index (χ1n) is 9.02. The van der Waals surface area contributed by atoms with E-state index < -0.39 is 41.3 Å². The van der Waals surface area contributed by atoms with Crippen molar-refractivity contribution in [2.45, 2.75) is 38.4 Å². The van der Waals surface area contributed by atoms with Crippen molar-refractivity contribution in [2.75, 3.05) is 0 Å². The maximum Gasteiger partial charge on any atom is 0.413 e. The number of nitriles is 1. The first kappa shape index (κ1) is 22.8. The van der Waals surface area contributed by atoms with E-state index in [1.54, 1.807) is 0 Å². The Kier molecular flexibility index (Phi) is 6.77. The van der Waals surface area contributed by atoms with E-state index in [0.717, 1.165) is 10.8 Å². The zero-order chi connectivity index (χ0) is 22.5. The number of carbonyl (C=O) groups excluding carboxylic acids is 1. The number of nitrogens with zero attached hydrogens (tertiary/aromatic N) is 4. The van der Waals surface area contributed by atoms with E-state index in [0.29, 0.717) is 0 Å². The predicted octanol–water partition coefficient (Wildman–Crippen LogP) is 4.76. The van der Waals surface area contributed by atoms with Crippen molar-refractivity contribution in [3.05, 3.63) is 64.0 Å². The zero-order valence-corrected chi connectivity index (χ0v) is 16.3. The number of hydrogen-bond donors (Lipinski definition) is 0. The molecule has 0 saturated carbocycles. The third-order valence-electron chi connectivity index (χ3n) is 5.01. The summed E-state index contributed by atoms with van der Waals surface area (Å²) in [5.74, 6) is -1.87. The van der Waals surface area contributed by atoms with Crippen molar-refractivity contribution in [1.82, 2.24) is 4.57 Å². The van der Waals surface area contributed by atoms with Crippen LogP contribution in [0.5, 0.6) is 0 Å². The van der Waals surface area contributed by atoms with Gasteiger partial charge in [-0.25, -0.2) is 0 Å². The maximum absolute atomic E-state index is 14.1. The second-order valence-corrected chi connectivity index (χ2v) is 6.76. The topological polar surface area (TPSA) is 101 Å². The number of nitro groups is 1. The Labute approximate surface area is 170 Å². The molecular formula is C20H19F3N4O3. The Morgan fingerprint density at radius 1 is 1.33 bits per heavy atom. The van der Waals surface area contributed by atoms with Crippen LogP contribution in [0.4, 0.5) is 18.9 Å². The van der Waals surface area contributed by atoms with Gasteiger partial charge in [0.25, 0.3) is 5.69 Å². The van der Waals surface area contributed by atoms with Crippen LogP contribution in [0.15, 0.2) is 47.6 Å². The number of halogens is 3. The van der Waals surface area contributed by atoms with Gasteiger partial charge in [-0.3, -0.25) is 24.5 Å². The first-order chi connectivity index (χ1) is 14.1. The zero-order valence-electron chi connectivity index (χ0n) is 16.3. The highest BCUT2D eigenvalue weighted by Crippen LogP contribution is 2.43. The third-order valence-corrected chi connectivity index (χ3v) is 5.01. The van der Waals surface area contributed by atoms with E-state index in [9.17, 15) is 28.1 Å². The number of alkyl halides is 3. The van der Waals surface area contributed by atoms with Crippen molar-refractivity contribution in [3.63, 3.8) is 0 Å².